The van der Waals surface area contributed by atoms with Crippen LogP contribution in [-0.2, 0) is 0 Å². The molecule has 0 heterocycles. The monoisotopic (exact) mass is 262 g/mol. The highest BCUT2D eigenvalue weighted by molar-refractivity contribution is 5.90. The summed E-state index contributed by atoms with van der Waals surface area (Å²) in [5, 5.41) is 12.2. The fraction of sp³-hybridized carbons (Fsp3) is 0.533. The molecule has 0 amide bonds. The van der Waals surface area contributed by atoms with E-state index in [2.05, 4.69) is 12.2 Å². The van der Waals surface area contributed by atoms with Gasteiger partial charge in [0.05, 0.1) is 16.9 Å². The van der Waals surface area contributed by atoms with Crippen molar-refractivity contribution in [3.8, 4) is 0 Å². The summed E-state index contributed by atoms with van der Waals surface area (Å²) in [6.07, 6.45) is 5.18. The fourth-order valence-corrected chi connectivity index (χ4v) is 2.86. The van der Waals surface area contributed by atoms with Crippen molar-refractivity contribution in [3.05, 3.63) is 23.8 Å². The van der Waals surface area contributed by atoms with Crippen molar-refractivity contribution >= 4 is 17.3 Å². The molecule has 1 saturated carbocycles. The quantitative estimate of drug-likeness (QED) is 0.728. The van der Waals surface area contributed by atoms with E-state index in [4.69, 9.17) is 10.8 Å². The summed E-state index contributed by atoms with van der Waals surface area (Å²) in [5.41, 5.74) is 7.45. The number of carboxylic acid groups (broad SMARTS) is 1. The molecule has 1 fully saturated rings. The minimum atomic E-state index is -0.945. The molecule has 4 nitrogen and oxygen atoms in total. The molecule has 0 aliphatic heterocycles. The highest BCUT2D eigenvalue weighted by Crippen LogP contribution is 2.29. The molecule has 4 N–H and O–H groups in total. The van der Waals surface area contributed by atoms with Crippen LogP contribution in [-0.4, -0.2) is 17.6 Å². The summed E-state index contributed by atoms with van der Waals surface area (Å²) < 4.78 is 0. The van der Waals surface area contributed by atoms with Gasteiger partial charge in [-0.1, -0.05) is 19.8 Å². The number of rotatable bonds is 4. The molecule has 0 bridgehead atoms. The first kappa shape index (κ1) is 13.7. The summed E-state index contributed by atoms with van der Waals surface area (Å²) in [5.74, 6) is 0.564. The Morgan fingerprint density at radius 2 is 2.26 bits per heavy atom. The molecule has 0 saturated heterocycles. The average Bonchev–Trinajstić information content (AvgIpc) is 2.37. The lowest BCUT2D eigenvalue weighted by molar-refractivity contribution is 0.0697. The Balaban J connectivity index is 1.94. The third kappa shape index (κ3) is 3.63. The standard InChI is InChI=1S/C15H22N2O2/c1-10-3-2-4-11(7-10)9-17-14-6-5-12(15(18)19)8-13(14)16/h5-6,8,10-11,17H,2-4,7,9,16H2,1H3,(H,18,19). The summed E-state index contributed by atoms with van der Waals surface area (Å²) in [6.45, 7) is 3.23. The van der Waals surface area contributed by atoms with E-state index in [1.807, 2.05) is 0 Å². The zero-order valence-corrected chi connectivity index (χ0v) is 11.4. The van der Waals surface area contributed by atoms with Crippen LogP contribution in [0.1, 0.15) is 43.0 Å². The first-order chi connectivity index (χ1) is 9.06. The van der Waals surface area contributed by atoms with Gasteiger partial charge in [-0.2, -0.15) is 0 Å². The van der Waals surface area contributed by atoms with E-state index in [0.717, 1.165) is 18.2 Å². The number of hydrogen-bond donors (Lipinski definition) is 3. The second-order valence-corrected chi connectivity index (χ2v) is 5.63. The van der Waals surface area contributed by atoms with Crippen LogP contribution in [0.2, 0.25) is 0 Å². The van der Waals surface area contributed by atoms with Crippen molar-refractivity contribution in [2.45, 2.75) is 32.6 Å². The van der Waals surface area contributed by atoms with Crippen LogP contribution in [0.15, 0.2) is 18.2 Å². The van der Waals surface area contributed by atoms with Gasteiger partial charge in [-0.25, -0.2) is 4.79 Å². The average molecular weight is 262 g/mol. The number of carbonyl (C=O) groups is 1. The molecular weight excluding hydrogens is 240 g/mol. The lowest BCUT2D eigenvalue weighted by Crippen LogP contribution is -2.21. The molecule has 2 unspecified atom stereocenters. The minimum absolute atomic E-state index is 0.231. The van der Waals surface area contributed by atoms with E-state index in [9.17, 15) is 4.79 Å². The van der Waals surface area contributed by atoms with Crippen molar-refractivity contribution in [3.63, 3.8) is 0 Å². The highest BCUT2D eigenvalue weighted by Gasteiger charge is 2.18. The topological polar surface area (TPSA) is 75.3 Å². The Morgan fingerprint density at radius 1 is 1.47 bits per heavy atom. The van der Waals surface area contributed by atoms with Gasteiger partial charge in [0.1, 0.15) is 0 Å². The first-order valence-corrected chi connectivity index (χ1v) is 6.93. The van der Waals surface area contributed by atoms with Gasteiger partial charge in [-0.05, 0) is 42.9 Å². The zero-order chi connectivity index (χ0) is 13.8. The molecule has 1 aliphatic carbocycles. The molecule has 4 heteroatoms. The Hall–Kier alpha value is -1.71. The van der Waals surface area contributed by atoms with E-state index < -0.39 is 5.97 Å². The Kier molecular flexibility index (Phi) is 4.30. The molecule has 0 aromatic heterocycles. The van der Waals surface area contributed by atoms with Gasteiger partial charge in [0.15, 0.2) is 0 Å². The molecular formula is C15H22N2O2. The molecule has 1 aliphatic rings. The maximum absolute atomic E-state index is 10.8. The first-order valence-electron chi connectivity index (χ1n) is 6.93. The number of nitrogen functional groups attached to an aromatic ring is 1. The van der Waals surface area contributed by atoms with Gasteiger partial charge in [0.25, 0.3) is 0 Å². The van der Waals surface area contributed by atoms with Gasteiger partial charge >= 0.3 is 5.97 Å². The summed E-state index contributed by atoms with van der Waals surface area (Å²) >= 11 is 0. The molecule has 2 rings (SSSR count). The number of aromatic carboxylic acids is 1. The van der Waals surface area contributed by atoms with Crippen LogP contribution in [0.4, 0.5) is 11.4 Å². The van der Waals surface area contributed by atoms with Crippen LogP contribution in [0.25, 0.3) is 0 Å². The smallest absolute Gasteiger partial charge is 0.335 e. The van der Waals surface area contributed by atoms with E-state index in [1.165, 1.54) is 31.7 Å². The number of anilines is 2. The second-order valence-electron chi connectivity index (χ2n) is 5.63. The largest absolute Gasteiger partial charge is 0.478 e. The van der Waals surface area contributed by atoms with Gasteiger partial charge in [-0.15, -0.1) is 0 Å². The second kappa shape index (κ2) is 5.95. The molecule has 1 aromatic rings. The molecule has 0 radical (unpaired) electrons. The number of nitrogens with two attached hydrogens (primary N) is 1. The number of nitrogens with one attached hydrogen (secondary N) is 1. The van der Waals surface area contributed by atoms with Crippen molar-refractivity contribution in [1.82, 2.24) is 0 Å². The molecule has 1 aromatic carbocycles. The lowest BCUT2D eigenvalue weighted by atomic mass is 9.82. The number of hydrogen-bond acceptors (Lipinski definition) is 3. The maximum Gasteiger partial charge on any atom is 0.335 e. The highest BCUT2D eigenvalue weighted by atomic mass is 16.4. The van der Waals surface area contributed by atoms with Gasteiger partial charge < -0.3 is 16.2 Å². The SMILES string of the molecule is CC1CCCC(CNc2ccc(C(=O)O)cc2N)C1. The fourth-order valence-electron chi connectivity index (χ4n) is 2.86. The normalized spacial score (nSPS) is 23.0. The number of benzene rings is 1. The van der Waals surface area contributed by atoms with Crippen LogP contribution in [0, 0.1) is 11.8 Å². The van der Waals surface area contributed by atoms with E-state index in [0.29, 0.717) is 11.6 Å². The Bertz CT molecular complexity index is 459. The van der Waals surface area contributed by atoms with Crippen LogP contribution < -0.4 is 11.1 Å². The minimum Gasteiger partial charge on any atom is -0.478 e. The van der Waals surface area contributed by atoms with Crippen molar-refractivity contribution in [2.24, 2.45) is 11.8 Å². The van der Waals surface area contributed by atoms with Gasteiger partial charge in [0, 0.05) is 6.54 Å². The van der Waals surface area contributed by atoms with Crippen LogP contribution in [0.3, 0.4) is 0 Å². The van der Waals surface area contributed by atoms with Gasteiger partial charge in [0.2, 0.25) is 0 Å². The van der Waals surface area contributed by atoms with E-state index in [-0.39, 0.29) is 5.56 Å². The molecule has 19 heavy (non-hydrogen) atoms. The Morgan fingerprint density at radius 3 is 2.89 bits per heavy atom. The van der Waals surface area contributed by atoms with Gasteiger partial charge in [-0.3, -0.25) is 0 Å². The van der Waals surface area contributed by atoms with Crippen LogP contribution >= 0.6 is 0 Å². The summed E-state index contributed by atoms with van der Waals surface area (Å²) in [4.78, 5) is 10.8. The van der Waals surface area contributed by atoms with Crippen LogP contribution in [0.5, 0.6) is 0 Å². The van der Waals surface area contributed by atoms with E-state index in [1.54, 1.807) is 12.1 Å². The third-order valence-corrected chi connectivity index (χ3v) is 3.92. The van der Waals surface area contributed by atoms with Crippen molar-refractivity contribution in [2.75, 3.05) is 17.6 Å². The van der Waals surface area contributed by atoms with Crippen molar-refractivity contribution < 1.29 is 9.90 Å². The predicted molar refractivity (Wildman–Crippen MR) is 77.4 cm³/mol. The molecule has 104 valence electrons. The summed E-state index contributed by atoms with van der Waals surface area (Å²) in [7, 11) is 0. The van der Waals surface area contributed by atoms with Crippen molar-refractivity contribution in [1.29, 1.82) is 0 Å². The molecule has 2 atom stereocenters. The van der Waals surface area contributed by atoms with E-state index >= 15 is 0 Å². The lowest BCUT2D eigenvalue weighted by Gasteiger charge is -2.27. The number of carboxylic acids is 1. The summed E-state index contributed by atoms with van der Waals surface area (Å²) in [6, 6.07) is 4.85. The predicted octanol–water partition coefficient (Wildman–Crippen LogP) is 3.21. The zero-order valence-electron chi connectivity index (χ0n) is 11.4. The molecule has 0 spiro atoms. The third-order valence-electron chi connectivity index (χ3n) is 3.92. The maximum atomic E-state index is 10.8. The Labute approximate surface area is 114 Å².